The largest absolute Gasteiger partial charge is 0.326 e. The molecule has 1 amide bonds. The summed E-state index contributed by atoms with van der Waals surface area (Å²) >= 11 is 0. The number of hydrogen-bond donors (Lipinski definition) is 2. The van der Waals surface area contributed by atoms with Crippen molar-refractivity contribution in [2.45, 2.75) is 31.8 Å². The predicted octanol–water partition coefficient (Wildman–Crippen LogP) is 1.86. The summed E-state index contributed by atoms with van der Waals surface area (Å²) < 4.78 is 1.69. The van der Waals surface area contributed by atoms with E-state index in [1.165, 1.54) is 12.8 Å². The fourth-order valence-electron chi connectivity index (χ4n) is 2.19. The van der Waals surface area contributed by atoms with Gasteiger partial charge in [-0.1, -0.05) is 12.1 Å². The fraction of sp³-hybridized carbons (Fsp3) is 0.333. The maximum atomic E-state index is 12.0. The van der Waals surface area contributed by atoms with Crippen LogP contribution in [0.1, 0.15) is 30.0 Å². The lowest BCUT2D eigenvalue weighted by Gasteiger charge is -2.06. The number of aromatic nitrogens is 2. The number of rotatable bonds is 5. The van der Waals surface area contributed by atoms with E-state index in [0.29, 0.717) is 12.5 Å². The highest BCUT2D eigenvalue weighted by Crippen LogP contribution is 2.38. The van der Waals surface area contributed by atoms with Crippen LogP contribution in [0, 0.1) is 0 Å². The Morgan fingerprint density at radius 1 is 1.40 bits per heavy atom. The molecule has 0 bridgehead atoms. The lowest BCUT2D eigenvalue weighted by molar-refractivity contribution is -0.116. The van der Waals surface area contributed by atoms with Crippen molar-refractivity contribution in [3.05, 3.63) is 47.8 Å². The number of hydrogen-bond acceptors (Lipinski definition) is 3. The zero-order valence-electron chi connectivity index (χ0n) is 11.2. The van der Waals surface area contributed by atoms with Gasteiger partial charge in [-0.05, 0) is 36.6 Å². The van der Waals surface area contributed by atoms with Crippen molar-refractivity contribution in [2.75, 3.05) is 5.32 Å². The summed E-state index contributed by atoms with van der Waals surface area (Å²) in [6, 6.07) is 9.56. The Hall–Kier alpha value is -2.14. The van der Waals surface area contributed by atoms with Gasteiger partial charge < -0.3 is 11.1 Å². The van der Waals surface area contributed by atoms with Crippen LogP contribution in [0.2, 0.25) is 0 Å². The molecule has 0 atom stereocenters. The van der Waals surface area contributed by atoms with Crippen LogP contribution in [0.3, 0.4) is 0 Å². The Bertz CT molecular complexity index is 616. The van der Waals surface area contributed by atoms with Gasteiger partial charge in [0.1, 0.15) is 6.54 Å². The van der Waals surface area contributed by atoms with E-state index < -0.39 is 0 Å². The Morgan fingerprint density at radius 2 is 2.25 bits per heavy atom. The van der Waals surface area contributed by atoms with Gasteiger partial charge in [0, 0.05) is 24.3 Å². The van der Waals surface area contributed by atoms with Crippen molar-refractivity contribution in [3.8, 4) is 0 Å². The van der Waals surface area contributed by atoms with Crippen molar-refractivity contribution in [1.29, 1.82) is 0 Å². The first-order valence-corrected chi connectivity index (χ1v) is 6.87. The summed E-state index contributed by atoms with van der Waals surface area (Å²) in [5, 5.41) is 7.29. The highest BCUT2D eigenvalue weighted by Gasteiger charge is 2.25. The van der Waals surface area contributed by atoms with E-state index in [0.717, 1.165) is 16.9 Å². The molecular formula is C15H18N4O. The SMILES string of the molecule is NCc1cccc(NC(=O)Cn2ccc(C3CC3)n2)c1. The summed E-state index contributed by atoms with van der Waals surface area (Å²) in [6.45, 7) is 0.702. The quantitative estimate of drug-likeness (QED) is 0.871. The number of amides is 1. The molecule has 0 spiro atoms. The molecule has 3 N–H and O–H groups in total. The zero-order valence-corrected chi connectivity index (χ0v) is 11.2. The van der Waals surface area contributed by atoms with E-state index in [2.05, 4.69) is 10.4 Å². The van der Waals surface area contributed by atoms with Crippen LogP contribution in [0.4, 0.5) is 5.69 Å². The smallest absolute Gasteiger partial charge is 0.246 e. The Balaban J connectivity index is 1.60. The molecule has 5 heteroatoms. The van der Waals surface area contributed by atoms with Gasteiger partial charge >= 0.3 is 0 Å². The molecular weight excluding hydrogens is 252 g/mol. The molecule has 0 aliphatic heterocycles. The van der Waals surface area contributed by atoms with E-state index in [1.54, 1.807) is 4.68 Å². The summed E-state index contributed by atoms with van der Waals surface area (Å²) in [4.78, 5) is 12.0. The minimum atomic E-state index is -0.0791. The maximum Gasteiger partial charge on any atom is 0.246 e. The molecule has 1 fully saturated rings. The predicted molar refractivity (Wildman–Crippen MR) is 77.2 cm³/mol. The molecule has 0 radical (unpaired) electrons. The maximum absolute atomic E-state index is 12.0. The third-order valence-corrected chi connectivity index (χ3v) is 3.41. The van der Waals surface area contributed by atoms with Crippen LogP contribution in [0.5, 0.6) is 0 Å². The first kappa shape index (κ1) is 12.9. The molecule has 1 aliphatic rings. The molecule has 0 unspecified atom stereocenters. The van der Waals surface area contributed by atoms with Gasteiger partial charge in [-0.3, -0.25) is 9.48 Å². The van der Waals surface area contributed by atoms with Crippen LogP contribution in [-0.4, -0.2) is 15.7 Å². The van der Waals surface area contributed by atoms with E-state index in [9.17, 15) is 4.79 Å². The van der Waals surface area contributed by atoms with Crippen molar-refractivity contribution in [1.82, 2.24) is 9.78 Å². The fourth-order valence-corrected chi connectivity index (χ4v) is 2.19. The van der Waals surface area contributed by atoms with E-state index in [-0.39, 0.29) is 12.5 Å². The second-order valence-electron chi connectivity index (χ2n) is 5.17. The van der Waals surface area contributed by atoms with Gasteiger partial charge in [0.05, 0.1) is 5.69 Å². The minimum Gasteiger partial charge on any atom is -0.326 e. The van der Waals surface area contributed by atoms with E-state index >= 15 is 0 Å². The zero-order chi connectivity index (χ0) is 13.9. The number of nitrogens with zero attached hydrogens (tertiary/aromatic N) is 2. The lowest BCUT2D eigenvalue weighted by atomic mass is 10.2. The Kier molecular flexibility index (Phi) is 3.52. The van der Waals surface area contributed by atoms with E-state index in [4.69, 9.17) is 5.73 Å². The third-order valence-electron chi connectivity index (χ3n) is 3.41. The molecule has 5 nitrogen and oxygen atoms in total. The van der Waals surface area contributed by atoms with E-state index in [1.807, 2.05) is 36.5 Å². The monoisotopic (exact) mass is 270 g/mol. The van der Waals surface area contributed by atoms with Crippen LogP contribution in [0.15, 0.2) is 36.5 Å². The molecule has 3 rings (SSSR count). The summed E-state index contributed by atoms with van der Waals surface area (Å²) in [6.07, 6.45) is 4.30. The van der Waals surface area contributed by atoms with Crippen LogP contribution in [0.25, 0.3) is 0 Å². The minimum absolute atomic E-state index is 0.0791. The Labute approximate surface area is 117 Å². The van der Waals surface area contributed by atoms with Crippen molar-refractivity contribution >= 4 is 11.6 Å². The Morgan fingerprint density at radius 3 is 3.00 bits per heavy atom. The number of anilines is 1. The standard InChI is InChI=1S/C15H18N4O/c16-9-11-2-1-3-13(8-11)17-15(20)10-19-7-6-14(18-19)12-4-5-12/h1-3,6-8,12H,4-5,9-10,16H2,(H,17,20). The highest BCUT2D eigenvalue weighted by molar-refractivity contribution is 5.90. The van der Waals surface area contributed by atoms with Gasteiger partial charge in [-0.25, -0.2) is 0 Å². The van der Waals surface area contributed by atoms with Gasteiger partial charge in [0.15, 0.2) is 0 Å². The number of nitrogens with one attached hydrogen (secondary N) is 1. The topological polar surface area (TPSA) is 72.9 Å². The highest BCUT2D eigenvalue weighted by atomic mass is 16.2. The second kappa shape index (κ2) is 5.46. The van der Waals surface area contributed by atoms with Crippen molar-refractivity contribution < 1.29 is 4.79 Å². The molecule has 1 aromatic heterocycles. The molecule has 104 valence electrons. The van der Waals surface area contributed by atoms with Crippen LogP contribution >= 0.6 is 0 Å². The molecule has 1 aliphatic carbocycles. The molecule has 1 aromatic carbocycles. The number of carbonyl (C=O) groups excluding carboxylic acids is 1. The molecule has 20 heavy (non-hydrogen) atoms. The second-order valence-corrected chi connectivity index (χ2v) is 5.17. The van der Waals surface area contributed by atoms with Gasteiger partial charge in [-0.15, -0.1) is 0 Å². The molecule has 1 saturated carbocycles. The van der Waals surface area contributed by atoms with Crippen LogP contribution < -0.4 is 11.1 Å². The lowest BCUT2D eigenvalue weighted by Crippen LogP contribution is -2.19. The molecule has 0 saturated heterocycles. The number of benzene rings is 1. The summed E-state index contributed by atoms with van der Waals surface area (Å²) in [5.41, 5.74) is 8.45. The average molecular weight is 270 g/mol. The first-order chi connectivity index (χ1) is 9.74. The van der Waals surface area contributed by atoms with Gasteiger partial charge in [-0.2, -0.15) is 5.10 Å². The normalized spacial score (nSPS) is 14.2. The average Bonchev–Trinajstić information content (AvgIpc) is 3.20. The molecule has 1 heterocycles. The van der Waals surface area contributed by atoms with Gasteiger partial charge in [0.2, 0.25) is 5.91 Å². The number of carbonyl (C=O) groups is 1. The number of nitrogens with two attached hydrogens (primary N) is 1. The summed E-state index contributed by atoms with van der Waals surface area (Å²) in [7, 11) is 0. The molecule has 2 aromatic rings. The van der Waals surface area contributed by atoms with Crippen molar-refractivity contribution in [3.63, 3.8) is 0 Å². The van der Waals surface area contributed by atoms with Crippen molar-refractivity contribution in [2.24, 2.45) is 5.73 Å². The first-order valence-electron chi connectivity index (χ1n) is 6.87. The summed E-state index contributed by atoms with van der Waals surface area (Å²) in [5.74, 6) is 0.533. The van der Waals surface area contributed by atoms with Crippen LogP contribution in [-0.2, 0) is 17.9 Å². The van der Waals surface area contributed by atoms with Gasteiger partial charge in [0.25, 0.3) is 0 Å². The third kappa shape index (κ3) is 3.05.